The first-order chi connectivity index (χ1) is 15.5. The molecule has 2 radical (unpaired) electrons. The van der Waals surface area contributed by atoms with Crippen molar-refractivity contribution in [3.8, 4) is 11.5 Å². The molecule has 164 valence electrons. The molecule has 1 fully saturated rings. The van der Waals surface area contributed by atoms with Crippen molar-refractivity contribution in [2.24, 2.45) is 0 Å². The lowest BCUT2D eigenvalue weighted by atomic mass is 10.1. The van der Waals surface area contributed by atoms with Gasteiger partial charge in [-0.1, -0.05) is 0 Å². The predicted molar refractivity (Wildman–Crippen MR) is 124 cm³/mol. The van der Waals surface area contributed by atoms with Gasteiger partial charge in [-0.05, 0) is 62.5 Å². The van der Waals surface area contributed by atoms with Crippen LogP contribution in [-0.2, 0) is 6.54 Å². The van der Waals surface area contributed by atoms with E-state index in [-0.39, 0.29) is 5.78 Å². The first-order valence-electron chi connectivity index (χ1n) is 11.0. The molecule has 0 aliphatic carbocycles. The average Bonchev–Trinajstić information content (AvgIpc) is 3.27. The number of nitrogens with zero attached hydrogens (tertiary/aromatic N) is 3. The Bertz CT molecular complexity index is 1200. The zero-order chi connectivity index (χ0) is 22.2. The van der Waals surface area contributed by atoms with Crippen LogP contribution in [0.15, 0.2) is 36.1 Å². The van der Waals surface area contributed by atoms with E-state index < -0.39 is 0 Å². The molecule has 0 spiro atoms. The van der Waals surface area contributed by atoms with Crippen molar-refractivity contribution >= 4 is 22.8 Å². The number of carbonyl (C=O) groups is 1. The molecule has 0 N–H and O–H groups in total. The van der Waals surface area contributed by atoms with Crippen molar-refractivity contribution in [2.75, 3.05) is 46.9 Å². The van der Waals surface area contributed by atoms with Crippen LogP contribution in [0.25, 0.3) is 17.0 Å². The number of carbonyl (C=O) groups excluding carboxylic acids is 1. The smallest absolute Gasteiger partial charge is 0.232 e. The van der Waals surface area contributed by atoms with Gasteiger partial charge in [0.1, 0.15) is 11.5 Å². The fourth-order valence-electron chi connectivity index (χ4n) is 4.54. The van der Waals surface area contributed by atoms with E-state index in [1.807, 2.05) is 18.2 Å². The van der Waals surface area contributed by atoms with Gasteiger partial charge in [0.25, 0.3) is 0 Å². The predicted octanol–water partition coefficient (Wildman–Crippen LogP) is 3.42. The van der Waals surface area contributed by atoms with Crippen molar-refractivity contribution < 1.29 is 14.3 Å². The Morgan fingerprint density at radius 3 is 2.75 bits per heavy atom. The molecule has 32 heavy (non-hydrogen) atoms. The highest BCUT2D eigenvalue weighted by Gasteiger charge is 2.28. The second-order valence-corrected chi connectivity index (χ2v) is 8.46. The fourth-order valence-corrected chi connectivity index (χ4v) is 4.54. The first kappa shape index (κ1) is 20.8. The highest BCUT2D eigenvalue weighted by atomic mass is 16.5. The summed E-state index contributed by atoms with van der Waals surface area (Å²) in [6.45, 7) is 8.38. The molecule has 6 nitrogen and oxygen atoms in total. The van der Waals surface area contributed by atoms with Gasteiger partial charge in [0.05, 0.1) is 12.7 Å². The Morgan fingerprint density at radius 1 is 1.19 bits per heavy atom. The van der Waals surface area contributed by atoms with E-state index in [1.165, 1.54) is 0 Å². The van der Waals surface area contributed by atoms with Crippen molar-refractivity contribution in [3.63, 3.8) is 0 Å². The van der Waals surface area contributed by atoms with Crippen LogP contribution in [0.2, 0.25) is 0 Å². The number of likely N-dealkylation sites (N-methyl/N-ethyl adjacent to an activating group) is 1. The zero-order valence-electron chi connectivity index (χ0n) is 18.8. The van der Waals surface area contributed by atoms with Crippen LogP contribution in [0.5, 0.6) is 11.5 Å². The second kappa shape index (κ2) is 8.45. The third kappa shape index (κ3) is 3.70. The Morgan fingerprint density at radius 2 is 2.00 bits per heavy atom. The monoisotopic (exact) mass is 429 g/mol. The number of ether oxygens (including phenoxy) is 2. The van der Waals surface area contributed by atoms with E-state index in [1.54, 1.807) is 19.2 Å². The third-order valence-electron chi connectivity index (χ3n) is 6.52. The summed E-state index contributed by atoms with van der Waals surface area (Å²) in [5.74, 6) is 1.48. The lowest BCUT2D eigenvalue weighted by molar-refractivity contribution is 0.101. The van der Waals surface area contributed by atoms with Gasteiger partial charge in [-0.2, -0.15) is 0 Å². The lowest BCUT2D eigenvalue weighted by Gasteiger charge is -2.32. The number of benzene rings is 2. The molecule has 2 aromatic carbocycles. The highest BCUT2D eigenvalue weighted by Crippen LogP contribution is 2.35. The molecule has 0 unspecified atom stereocenters. The zero-order valence-corrected chi connectivity index (χ0v) is 18.8. The minimum absolute atomic E-state index is 0.144. The van der Waals surface area contributed by atoms with E-state index in [9.17, 15) is 4.79 Å². The van der Waals surface area contributed by atoms with Crippen LogP contribution < -0.4 is 9.47 Å². The maximum absolute atomic E-state index is 12.9. The van der Waals surface area contributed by atoms with Gasteiger partial charge in [-0.3, -0.25) is 9.69 Å². The van der Waals surface area contributed by atoms with Crippen LogP contribution in [0.3, 0.4) is 0 Å². The third-order valence-corrected chi connectivity index (χ3v) is 6.52. The van der Waals surface area contributed by atoms with Gasteiger partial charge in [0.15, 0.2) is 5.76 Å². The second-order valence-electron chi connectivity index (χ2n) is 8.46. The number of allylic oxidation sites excluding steroid dienone is 1. The SMILES string of the molecule is COc1ccc2c(c1)c(/C=C1\Oc3c[c]c[c]c3C1=O)c(C)n2CCN1CCN(C)CC1. The number of Topliss-reactive ketones (excluding diaryl/α,β-unsaturated/α-hetero) is 1. The number of aromatic nitrogens is 1. The largest absolute Gasteiger partial charge is 0.497 e. The summed E-state index contributed by atoms with van der Waals surface area (Å²) in [5.41, 5.74) is 3.69. The summed E-state index contributed by atoms with van der Waals surface area (Å²) in [6.07, 6.45) is 1.86. The van der Waals surface area contributed by atoms with Crippen molar-refractivity contribution in [2.45, 2.75) is 13.5 Å². The molecule has 3 heterocycles. The van der Waals surface area contributed by atoms with Crippen LogP contribution in [0, 0.1) is 19.1 Å². The first-order valence-corrected chi connectivity index (χ1v) is 11.0. The molecule has 2 aliphatic heterocycles. The molecular weight excluding hydrogens is 402 g/mol. The normalized spacial score (nSPS) is 18.3. The molecule has 2 aliphatic rings. The molecule has 5 rings (SSSR count). The van der Waals surface area contributed by atoms with E-state index in [2.05, 4.69) is 46.5 Å². The molecule has 6 heteroatoms. The summed E-state index contributed by atoms with van der Waals surface area (Å²) in [7, 11) is 3.84. The van der Waals surface area contributed by atoms with Gasteiger partial charge in [0, 0.05) is 61.4 Å². The fraction of sp³-hybridized carbons (Fsp3) is 0.346. The van der Waals surface area contributed by atoms with Gasteiger partial charge in [0.2, 0.25) is 5.78 Å². The number of piperazine rings is 1. The van der Waals surface area contributed by atoms with E-state index >= 15 is 0 Å². The van der Waals surface area contributed by atoms with E-state index in [0.717, 1.165) is 67.2 Å². The summed E-state index contributed by atoms with van der Waals surface area (Å²) >= 11 is 0. The number of hydrogen-bond acceptors (Lipinski definition) is 5. The standard InChI is InChI=1S/C26H27N3O3/c1-18-21(17-25-26(30)20-6-4-5-7-24(20)32-25)22-16-19(31-3)8-9-23(22)29(18)15-14-28-12-10-27(2)11-13-28/h4,7-9,16-17H,10-15H2,1-3H3/b25-17-. The van der Waals surface area contributed by atoms with Gasteiger partial charge in [-0.25, -0.2) is 0 Å². The number of rotatable bonds is 5. The molecular formula is C26H27N3O3. The molecule has 0 bridgehead atoms. The topological polar surface area (TPSA) is 46.9 Å². The van der Waals surface area contributed by atoms with Gasteiger partial charge < -0.3 is 18.9 Å². The highest BCUT2D eigenvalue weighted by molar-refractivity contribution is 6.15. The summed E-state index contributed by atoms with van der Waals surface area (Å²) in [5, 5.41) is 1.05. The summed E-state index contributed by atoms with van der Waals surface area (Å²) in [4.78, 5) is 17.7. The molecule has 0 atom stereocenters. The number of ketones is 1. The minimum Gasteiger partial charge on any atom is -0.497 e. The maximum atomic E-state index is 12.9. The Kier molecular flexibility index (Phi) is 5.49. The van der Waals surface area contributed by atoms with Gasteiger partial charge >= 0.3 is 0 Å². The lowest BCUT2D eigenvalue weighted by Crippen LogP contribution is -2.45. The summed E-state index contributed by atoms with van der Waals surface area (Å²) in [6, 6.07) is 15.3. The van der Waals surface area contributed by atoms with Crippen LogP contribution in [0.1, 0.15) is 21.6 Å². The van der Waals surface area contributed by atoms with Crippen molar-refractivity contribution in [1.29, 1.82) is 0 Å². The molecule has 3 aromatic rings. The molecule has 1 aromatic heterocycles. The number of hydrogen-bond donors (Lipinski definition) is 0. The Labute approximate surface area is 188 Å². The maximum Gasteiger partial charge on any atom is 0.232 e. The average molecular weight is 430 g/mol. The van der Waals surface area contributed by atoms with Crippen molar-refractivity contribution in [3.05, 3.63) is 65.0 Å². The molecule has 0 amide bonds. The van der Waals surface area contributed by atoms with Crippen LogP contribution in [-0.4, -0.2) is 67.0 Å². The minimum atomic E-state index is -0.144. The molecule has 0 saturated carbocycles. The molecule has 1 saturated heterocycles. The van der Waals surface area contributed by atoms with Crippen LogP contribution in [0.4, 0.5) is 0 Å². The van der Waals surface area contributed by atoms with Crippen molar-refractivity contribution in [1.82, 2.24) is 14.4 Å². The Balaban J connectivity index is 1.51. The van der Waals surface area contributed by atoms with E-state index in [0.29, 0.717) is 17.1 Å². The number of methoxy groups -OCH3 is 1. The summed E-state index contributed by atoms with van der Waals surface area (Å²) < 4.78 is 13.7. The quantitative estimate of drug-likeness (QED) is 0.582. The van der Waals surface area contributed by atoms with Crippen LogP contribution >= 0.6 is 0 Å². The van der Waals surface area contributed by atoms with Gasteiger partial charge in [-0.15, -0.1) is 0 Å². The Hall–Kier alpha value is -3.09. The number of fused-ring (bicyclic) bond motifs is 2. The van der Waals surface area contributed by atoms with E-state index in [4.69, 9.17) is 9.47 Å².